The van der Waals surface area contributed by atoms with Crippen LogP contribution in [0.3, 0.4) is 0 Å². The van der Waals surface area contributed by atoms with E-state index in [1.807, 2.05) is 4.90 Å². The molecule has 0 amide bonds. The lowest BCUT2D eigenvalue weighted by Gasteiger charge is -2.36. The molecule has 2 rings (SSSR count). The van der Waals surface area contributed by atoms with Gasteiger partial charge in [-0.25, -0.2) is 0 Å². The Kier molecular flexibility index (Phi) is 5.17. The van der Waals surface area contributed by atoms with Crippen LogP contribution in [0.2, 0.25) is 0 Å². The van der Waals surface area contributed by atoms with E-state index in [0.29, 0.717) is 24.7 Å². The zero-order chi connectivity index (χ0) is 15.5. The third-order valence-corrected chi connectivity index (χ3v) is 3.93. The van der Waals surface area contributed by atoms with E-state index >= 15 is 0 Å². The first-order valence-corrected chi connectivity index (χ1v) is 7.31. The Bertz CT molecular complexity index is 494. The van der Waals surface area contributed by atoms with Gasteiger partial charge in [0.15, 0.2) is 0 Å². The monoisotopic (exact) mass is 318 g/mol. The van der Waals surface area contributed by atoms with E-state index in [1.165, 1.54) is 12.1 Å². The Balaban J connectivity index is 1.98. The van der Waals surface area contributed by atoms with Crippen LogP contribution in [0.1, 0.15) is 5.56 Å². The minimum Gasteiger partial charge on any atom is -0.369 e. The van der Waals surface area contributed by atoms with Gasteiger partial charge in [-0.2, -0.15) is 13.2 Å². The summed E-state index contributed by atoms with van der Waals surface area (Å²) < 4.78 is 38.2. The highest BCUT2D eigenvalue weighted by Gasteiger charge is 2.31. The van der Waals surface area contributed by atoms with Crippen molar-refractivity contribution < 1.29 is 13.2 Å². The summed E-state index contributed by atoms with van der Waals surface area (Å²) in [6, 6.07) is 5.50. The third kappa shape index (κ3) is 4.38. The molecule has 0 radical (unpaired) electrons. The zero-order valence-corrected chi connectivity index (χ0v) is 12.4. The van der Waals surface area contributed by atoms with Crippen molar-refractivity contribution in [2.45, 2.75) is 6.18 Å². The van der Waals surface area contributed by atoms with Crippen LogP contribution in [-0.2, 0) is 6.18 Å². The van der Waals surface area contributed by atoms with Gasteiger partial charge in [0.25, 0.3) is 0 Å². The summed E-state index contributed by atoms with van der Waals surface area (Å²) in [6.07, 6.45) is -4.30. The molecule has 1 aliphatic rings. The van der Waals surface area contributed by atoms with E-state index in [9.17, 15) is 13.2 Å². The second-order valence-electron chi connectivity index (χ2n) is 5.19. The molecular weight excluding hydrogens is 301 g/mol. The van der Waals surface area contributed by atoms with Crippen molar-refractivity contribution in [1.29, 1.82) is 0 Å². The van der Waals surface area contributed by atoms with Gasteiger partial charge in [-0.1, -0.05) is 12.6 Å². The Hall–Kier alpha value is -1.20. The van der Waals surface area contributed by atoms with Gasteiger partial charge >= 0.3 is 6.18 Å². The molecule has 0 aromatic heterocycles. The molecule has 1 aliphatic heterocycles. The molecule has 1 aromatic carbocycles. The van der Waals surface area contributed by atoms with Crippen LogP contribution in [0.25, 0.3) is 0 Å². The van der Waals surface area contributed by atoms with Gasteiger partial charge in [0.1, 0.15) is 0 Å². The van der Waals surface area contributed by atoms with Crippen LogP contribution in [0.15, 0.2) is 36.4 Å². The smallest absolute Gasteiger partial charge is 0.369 e. The largest absolute Gasteiger partial charge is 0.416 e. The summed E-state index contributed by atoms with van der Waals surface area (Å²) in [4.78, 5) is 4.20. The molecule has 0 N–H and O–H groups in total. The first kappa shape index (κ1) is 16.2. The lowest BCUT2D eigenvalue weighted by molar-refractivity contribution is -0.137. The second-order valence-corrected chi connectivity index (χ2v) is 5.46. The van der Waals surface area contributed by atoms with Crippen molar-refractivity contribution in [3.63, 3.8) is 0 Å². The van der Waals surface area contributed by atoms with Gasteiger partial charge in [-0.15, -0.1) is 11.6 Å². The number of nitrogens with zero attached hydrogens (tertiary/aromatic N) is 2. The van der Waals surface area contributed by atoms with Crippen molar-refractivity contribution in [3.05, 3.63) is 42.0 Å². The average Bonchev–Trinajstić information content (AvgIpc) is 2.47. The molecule has 116 valence electrons. The van der Waals surface area contributed by atoms with E-state index in [4.69, 9.17) is 11.6 Å². The van der Waals surface area contributed by atoms with Gasteiger partial charge < -0.3 is 4.90 Å². The molecule has 2 nitrogen and oxygen atoms in total. The zero-order valence-electron chi connectivity index (χ0n) is 11.7. The molecule has 1 saturated heterocycles. The highest BCUT2D eigenvalue weighted by atomic mass is 35.5. The van der Waals surface area contributed by atoms with E-state index in [2.05, 4.69) is 11.5 Å². The van der Waals surface area contributed by atoms with Gasteiger partial charge in [-0.05, 0) is 23.8 Å². The highest BCUT2D eigenvalue weighted by Crippen LogP contribution is 2.31. The summed E-state index contributed by atoms with van der Waals surface area (Å²) in [5.74, 6) is 0.438. The Morgan fingerprint density at radius 1 is 1.19 bits per heavy atom. The summed E-state index contributed by atoms with van der Waals surface area (Å²) >= 11 is 5.71. The predicted octanol–water partition coefficient (Wildman–Crippen LogP) is 3.62. The molecule has 1 aromatic rings. The predicted molar refractivity (Wildman–Crippen MR) is 80.0 cm³/mol. The lowest BCUT2D eigenvalue weighted by atomic mass is 10.1. The van der Waals surface area contributed by atoms with Gasteiger partial charge in [0.05, 0.1) is 5.56 Å². The van der Waals surface area contributed by atoms with E-state index < -0.39 is 11.7 Å². The molecule has 0 bridgehead atoms. The average molecular weight is 319 g/mol. The normalized spacial score (nSPS) is 17.0. The standard InChI is InChI=1S/C15H18ClF3N2/c1-12(10-16)11-20-5-7-21(8-6-20)14-4-2-3-13(9-14)15(17,18)19/h2-4,9H,1,5-8,10-11H2. The number of piperazine rings is 1. The molecule has 0 unspecified atom stereocenters. The maximum absolute atomic E-state index is 12.7. The van der Waals surface area contributed by atoms with E-state index in [-0.39, 0.29) is 0 Å². The van der Waals surface area contributed by atoms with Crippen LogP contribution >= 0.6 is 11.6 Å². The maximum atomic E-state index is 12.7. The summed E-state index contributed by atoms with van der Waals surface area (Å²) in [5.41, 5.74) is 0.989. The molecule has 0 saturated carbocycles. The number of rotatable bonds is 4. The third-order valence-electron chi connectivity index (χ3n) is 3.55. The van der Waals surface area contributed by atoms with Crippen molar-refractivity contribution in [1.82, 2.24) is 4.90 Å². The van der Waals surface area contributed by atoms with Crippen LogP contribution in [-0.4, -0.2) is 43.5 Å². The van der Waals surface area contributed by atoms with E-state index in [0.717, 1.165) is 31.3 Å². The quantitative estimate of drug-likeness (QED) is 0.618. The fourth-order valence-electron chi connectivity index (χ4n) is 2.40. The van der Waals surface area contributed by atoms with Crippen molar-refractivity contribution in [2.75, 3.05) is 43.5 Å². The first-order chi connectivity index (χ1) is 9.90. The Morgan fingerprint density at radius 2 is 1.86 bits per heavy atom. The Labute approximate surface area is 127 Å². The van der Waals surface area contributed by atoms with Gasteiger partial charge in [0, 0.05) is 44.3 Å². The number of halogens is 4. The summed E-state index contributed by atoms with van der Waals surface area (Å²) in [7, 11) is 0. The number of alkyl halides is 4. The van der Waals surface area contributed by atoms with E-state index in [1.54, 1.807) is 6.07 Å². The number of anilines is 1. The summed E-state index contributed by atoms with van der Waals surface area (Å²) in [6.45, 7) is 7.63. The first-order valence-electron chi connectivity index (χ1n) is 6.77. The molecular formula is C15H18ClF3N2. The van der Waals surface area contributed by atoms with Gasteiger partial charge in [-0.3, -0.25) is 4.90 Å². The van der Waals surface area contributed by atoms with Crippen molar-refractivity contribution >= 4 is 17.3 Å². The molecule has 6 heteroatoms. The number of benzene rings is 1. The fraction of sp³-hybridized carbons (Fsp3) is 0.467. The van der Waals surface area contributed by atoms with Crippen LogP contribution < -0.4 is 4.90 Å². The lowest BCUT2D eigenvalue weighted by Crippen LogP contribution is -2.47. The summed E-state index contributed by atoms with van der Waals surface area (Å²) in [5, 5.41) is 0. The number of hydrogen-bond donors (Lipinski definition) is 0. The maximum Gasteiger partial charge on any atom is 0.416 e. The molecule has 0 aliphatic carbocycles. The minimum atomic E-state index is -4.30. The molecule has 1 heterocycles. The second kappa shape index (κ2) is 6.71. The Morgan fingerprint density at radius 3 is 2.43 bits per heavy atom. The fourth-order valence-corrected chi connectivity index (χ4v) is 2.49. The molecule has 0 atom stereocenters. The molecule has 21 heavy (non-hydrogen) atoms. The SMILES string of the molecule is C=C(CCl)CN1CCN(c2cccc(C(F)(F)F)c2)CC1. The highest BCUT2D eigenvalue weighted by molar-refractivity contribution is 6.19. The topological polar surface area (TPSA) is 6.48 Å². The van der Waals surface area contributed by atoms with Crippen LogP contribution in [0.4, 0.5) is 18.9 Å². The van der Waals surface area contributed by atoms with Crippen molar-refractivity contribution in [2.24, 2.45) is 0 Å². The minimum absolute atomic E-state index is 0.438. The van der Waals surface area contributed by atoms with Crippen LogP contribution in [0.5, 0.6) is 0 Å². The van der Waals surface area contributed by atoms with Crippen LogP contribution in [0, 0.1) is 0 Å². The van der Waals surface area contributed by atoms with Crippen molar-refractivity contribution in [3.8, 4) is 0 Å². The molecule has 1 fully saturated rings. The molecule has 0 spiro atoms. The van der Waals surface area contributed by atoms with Gasteiger partial charge in [0.2, 0.25) is 0 Å². The number of hydrogen-bond acceptors (Lipinski definition) is 2.